The Morgan fingerprint density at radius 3 is 2.57 bits per heavy atom. The number of aromatic nitrogens is 1. The topological polar surface area (TPSA) is 98.3 Å². The SMILES string of the molecule is Cc1cc(C)c2oc(-c3ccc(C)c(NC(=O)c4ccccc4[N+](=O)[O-])c3)nc2c1. The molecule has 1 N–H and O–H groups in total. The molecule has 0 fully saturated rings. The van der Waals surface area contributed by atoms with Gasteiger partial charge in [0.15, 0.2) is 5.58 Å². The Kier molecular flexibility index (Phi) is 4.79. The second kappa shape index (κ2) is 7.44. The van der Waals surface area contributed by atoms with E-state index in [9.17, 15) is 14.9 Å². The van der Waals surface area contributed by atoms with Crippen LogP contribution in [0.25, 0.3) is 22.6 Å². The first-order chi connectivity index (χ1) is 14.3. The summed E-state index contributed by atoms with van der Waals surface area (Å²) in [6, 6.07) is 15.3. The van der Waals surface area contributed by atoms with E-state index in [4.69, 9.17) is 4.42 Å². The first-order valence-corrected chi connectivity index (χ1v) is 9.37. The van der Waals surface area contributed by atoms with E-state index < -0.39 is 10.8 Å². The molecule has 0 aliphatic rings. The van der Waals surface area contributed by atoms with Crippen LogP contribution < -0.4 is 5.32 Å². The maximum atomic E-state index is 12.7. The van der Waals surface area contributed by atoms with Gasteiger partial charge < -0.3 is 9.73 Å². The number of amides is 1. The summed E-state index contributed by atoms with van der Waals surface area (Å²) in [5, 5.41) is 14.0. The molecule has 4 rings (SSSR count). The van der Waals surface area contributed by atoms with Gasteiger partial charge in [0.2, 0.25) is 5.89 Å². The number of carbonyl (C=O) groups is 1. The van der Waals surface area contributed by atoms with Crippen molar-refractivity contribution in [1.29, 1.82) is 0 Å². The molecule has 1 amide bonds. The second-order valence-corrected chi connectivity index (χ2v) is 7.21. The van der Waals surface area contributed by atoms with Gasteiger partial charge in [-0.3, -0.25) is 14.9 Å². The highest BCUT2D eigenvalue weighted by Crippen LogP contribution is 2.30. The third-order valence-electron chi connectivity index (χ3n) is 4.90. The molecule has 1 heterocycles. The lowest BCUT2D eigenvalue weighted by molar-refractivity contribution is -0.385. The number of hydrogen-bond acceptors (Lipinski definition) is 5. The summed E-state index contributed by atoms with van der Waals surface area (Å²) in [6.45, 7) is 5.82. The van der Waals surface area contributed by atoms with Crippen LogP contribution in [0.4, 0.5) is 11.4 Å². The Balaban J connectivity index is 1.70. The minimum Gasteiger partial charge on any atom is -0.436 e. The van der Waals surface area contributed by atoms with E-state index in [1.165, 1.54) is 18.2 Å². The first-order valence-electron chi connectivity index (χ1n) is 9.37. The van der Waals surface area contributed by atoms with E-state index in [0.29, 0.717) is 17.1 Å². The number of aryl methyl sites for hydroxylation is 3. The number of hydrogen-bond donors (Lipinski definition) is 1. The Labute approximate surface area is 172 Å². The maximum absolute atomic E-state index is 12.7. The molecule has 0 atom stereocenters. The van der Waals surface area contributed by atoms with Crippen LogP contribution in [0.1, 0.15) is 27.0 Å². The Bertz CT molecular complexity index is 1310. The van der Waals surface area contributed by atoms with Crippen LogP contribution in [0, 0.1) is 30.9 Å². The van der Waals surface area contributed by atoms with E-state index >= 15 is 0 Å². The number of nitrogens with zero attached hydrogens (tertiary/aromatic N) is 2. The van der Waals surface area contributed by atoms with E-state index in [1.54, 1.807) is 12.1 Å². The predicted octanol–water partition coefficient (Wildman–Crippen LogP) is 5.58. The fraction of sp³-hybridized carbons (Fsp3) is 0.130. The average molecular weight is 401 g/mol. The zero-order valence-corrected chi connectivity index (χ0v) is 16.7. The van der Waals surface area contributed by atoms with Gasteiger partial charge in [-0.15, -0.1) is 0 Å². The number of nitro groups is 1. The molecule has 1 aromatic heterocycles. The van der Waals surface area contributed by atoms with Crippen molar-refractivity contribution < 1.29 is 14.1 Å². The molecule has 0 aliphatic heterocycles. The lowest BCUT2D eigenvalue weighted by atomic mass is 10.1. The van der Waals surface area contributed by atoms with Gasteiger partial charge in [0, 0.05) is 17.3 Å². The molecule has 0 bridgehead atoms. The molecule has 0 radical (unpaired) electrons. The van der Waals surface area contributed by atoms with Crippen LogP contribution in [-0.4, -0.2) is 15.8 Å². The molecule has 7 nitrogen and oxygen atoms in total. The van der Waals surface area contributed by atoms with Crippen molar-refractivity contribution in [2.75, 3.05) is 5.32 Å². The number of nitro benzene ring substituents is 1. The lowest BCUT2D eigenvalue weighted by Gasteiger charge is -2.10. The van der Waals surface area contributed by atoms with Gasteiger partial charge in [-0.05, 0) is 61.7 Å². The van der Waals surface area contributed by atoms with E-state index in [2.05, 4.69) is 10.3 Å². The third kappa shape index (κ3) is 3.53. The van der Waals surface area contributed by atoms with Crippen molar-refractivity contribution in [3.05, 3.63) is 87.0 Å². The number of fused-ring (bicyclic) bond motifs is 1. The van der Waals surface area contributed by atoms with Gasteiger partial charge >= 0.3 is 0 Å². The molecule has 0 aliphatic carbocycles. The Morgan fingerprint density at radius 2 is 1.80 bits per heavy atom. The molecule has 150 valence electrons. The number of oxazole rings is 1. The number of para-hydroxylation sites is 1. The lowest BCUT2D eigenvalue weighted by Crippen LogP contribution is -2.14. The normalized spacial score (nSPS) is 10.9. The van der Waals surface area contributed by atoms with Crippen molar-refractivity contribution in [2.24, 2.45) is 0 Å². The van der Waals surface area contributed by atoms with Crippen molar-refractivity contribution in [2.45, 2.75) is 20.8 Å². The van der Waals surface area contributed by atoms with E-state index in [-0.39, 0.29) is 11.3 Å². The molecular weight excluding hydrogens is 382 g/mol. The molecule has 3 aromatic carbocycles. The molecule has 4 aromatic rings. The van der Waals surface area contributed by atoms with Gasteiger partial charge in [-0.25, -0.2) is 4.98 Å². The summed E-state index contributed by atoms with van der Waals surface area (Å²) in [6.07, 6.45) is 0. The van der Waals surface area contributed by atoms with Crippen molar-refractivity contribution in [3.8, 4) is 11.5 Å². The van der Waals surface area contributed by atoms with Gasteiger partial charge in [0.1, 0.15) is 11.1 Å². The van der Waals surface area contributed by atoms with Crippen LogP contribution in [0.2, 0.25) is 0 Å². The van der Waals surface area contributed by atoms with E-state index in [1.807, 2.05) is 45.0 Å². The molecule has 7 heteroatoms. The van der Waals surface area contributed by atoms with Crippen LogP contribution in [0.15, 0.2) is 59.0 Å². The third-order valence-corrected chi connectivity index (χ3v) is 4.90. The summed E-state index contributed by atoms with van der Waals surface area (Å²) in [5.41, 5.74) is 5.40. The summed E-state index contributed by atoms with van der Waals surface area (Å²) >= 11 is 0. The maximum Gasteiger partial charge on any atom is 0.282 e. The molecule has 0 unspecified atom stereocenters. The van der Waals surface area contributed by atoms with Crippen molar-refractivity contribution >= 4 is 28.4 Å². The van der Waals surface area contributed by atoms with Crippen LogP contribution in [0.3, 0.4) is 0 Å². The quantitative estimate of drug-likeness (QED) is 0.355. The fourth-order valence-corrected chi connectivity index (χ4v) is 3.40. The van der Waals surface area contributed by atoms with Crippen LogP contribution >= 0.6 is 0 Å². The molecule has 0 spiro atoms. The number of rotatable bonds is 4. The Morgan fingerprint density at radius 1 is 1.03 bits per heavy atom. The summed E-state index contributed by atoms with van der Waals surface area (Å²) in [7, 11) is 0. The van der Waals surface area contributed by atoms with Gasteiger partial charge in [-0.2, -0.15) is 0 Å². The summed E-state index contributed by atoms with van der Waals surface area (Å²) < 4.78 is 5.96. The van der Waals surface area contributed by atoms with Gasteiger partial charge in [-0.1, -0.05) is 24.3 Å². The predicted molar refractivity (Wildman–Crippen MR) is 115 cm³/mol. The minimum absolute atomic E-state index is 0.000246. The van der Waals surface area contributed by atoms with Gasteiger partial charge in [0.25, 0.3) is 11.6 Å². The monoisotopic (exact) mass is 401 g/mol. The highest BCUT2D eigenvalue weighted by Gasteiger charge is 2.20. The highest BCUT2D eigenvalue weighted by molar-refractivity contribution is 6.07. The molecule has 30 heavy (non-hydrogen) atoms. The summed E-state index contributed by atoms with van der Waals surface area (Å²) in [5.74, 6) is -0.105. The smallest absolute Gasteiger partial charge is 0.282 e. The Hall–Kier alpha value is -4.00. The highest BCUT2D eigenvalue weighted by atomic mass is 16.6. The van der Waals surface area contributed by atoms with Crippen molar-refractivity contribution in [1.82, 2.24) is 4.98 Å². The zero-order chi connectivity index (χ0) is 21.4. The van der Waals surface area contributed by atoms with E-state index in [0.717, 1.165) is 27.8 Å². The fourth-order valence-electron chi connectivity index (χ4n) is 3.40. The largest absolute Gasteiger partial charge is 0.436 e. The van der Waals surface area contributed by atoms with Crippen molar-refractivity contribution in [3.63, 3.8) is 0 Å². The number of benzene rings is 3. The standard InChI is InChI=1S/C23H19N3O4/c1-13-10-15(3)21-19(11-13)25-23(30-21)16-9-8-14(2)18(12-16)24-22(27)17-6-4-5-7-20(17)26(28)29/h4-12H,1-3H3,(H,24,27). The average Bonchev–Trinajstić information content (AvgIpc) is 3.14. The second-order valence-electron chi connectivity index (χ2n) is 7.21. The first kappa shape index (κ1) is 19.3. The molecule has 0 saturated carbocycles. The number of carbonyl (C=O) groups excluding carboxylic acids is 1. The van der Waals surface area contributed by atoms with Crippen LogP contribution in [-0.2, 0) is 0 Å². The number of anilines is 1. The molecule has 0 saturated heterocycles. The molecular formula is C23H19N3O4. The number of nitrogens with one attached hydrogen (secondary N) is 1. The van der Waals surface area contributed by atoms with Gasteiger partial charge in [0.05, 0.1) is 4.92 Å². The summed E-state index contributed by atoms with van der Waals surface area (Å²) in [4.78, 5) is 27.9. The van der Waals surface area contributed by atoms with Crippen LogP contribution in [0.5, 0.6) is 0 Å². The minimum atomic E-state index is -0.569. The zero-order valence-electron chi connectivity index (χ0n) is 16.7.